The number of rotatable bonds is 8. The molecule has 1 N–H and O–H groups in total. The molecule has 0 aromatic heterocycles. The van der Waals surface area contributed by atoms with Gasteiger partial charge in [-0.25, -0.2) is 0 Å². The number of nitrogens with zero attached hydrogens (tertiary/aromatic N) is 2. The molecule has 20 heavy (non-hydrogen) atoms. The minimum absolute atomic E-state index is 0. The first-order valence-corrected chi connectivity index (χ1v) is 7.26. The van der Waals surface area contributed by atoms with Gasteiger partial charge in [-0.15, -0.1) is 24.0 Å². The largest absolute Gasteiger partial charge is 0.385 e. The van der Waals surface area contributed by atoms with Crippen molar-refractivity contribution in [2.45, 2.75) is 25.7 Å². The first-order valence-electron chi connectivity index (χ1n) is 7.26. The topological polar surface area (TPSA) is 46.1 Å². The fraction of sp³-hybridized carbons (Fsp3) is 0.929. The van der Waals surface area contributed by atoms with Crippen molar-refractivity contribution < 1.29 is 9.47 Å². The Morgan fingerprint density at radius 3 is 2.80 bits per heavy atom. The van der Waals surface area contributed by atoms with Crippen LogP contribution in [0, 0.1) is 5.92 Å². The lowest BCUT2D eigenvalue weighted by molar-refractivity contribution is 0.181. The summed E-state index contributed by atoms with van der Waals surface area (Å²) in [5, 5.41) is 3.41. The molecule has 5 nitrogen and oxygen atoms in total. The van der Waals surface area contributed by atoms with E-state index in [1.165, 1.54) is 12.8 Å². The van der Waals surface area contributed by atoms with Crippen LogP contribution in [0.3, 0.4) is 0 Å². The van der Waals surface area contributed by atoms with E-state index >= 15 is 0 Å². The molecule has 120 valence electrons. The van der Waals surface area contributed by atoms with Gasteiger partial charge >= 0.3 is 0 Å². The normalized spacial score (nSPS) is 18.8. The van der Waals surface area contributed by atoms with Crippen LogP contribution in [0.25, 0.3) is 0 Å². The van der Waals surface area contributed by atoms with Crippen LogP contribution in [0.2, 0.25) is 0 Å². The first kappa shape index (κ1) is 19.9. The number of halogens is 1. The predicted octanol–water partition coefficient (Wildman–Crippen LogP) is 1.96. The molecule has 0 spiro atoms. The highest BCUT2D eigenvalue weighted by atomic mass is 127. The average Bonchev–Trinajstić information content (AvgIpc) is 2.90. The molecule has 0 aliphatic carbocycles. The molecule has 1 saturated heterocycles. The number of ether oxygens (including phenoxy) is 2. The van der Waals surface area contributed by atoms with Gasteiger partial charge in [0.1, 0.15) is 0 Å². The third kappa shape index (κ3) is 8.26. The van der Waals surface area contributed by atoms with Gasteiger partial charge in [0.2, 0.25) is 0 Å². The quantitative estimate of drug-likeness (QED) is 0.294. The van der Waals surface area contributed by atoms with Gasteiger partial charge in [0.05, 0.1) is 6.61 Å². The van der Waals surface area contributed by atoms with Gasteiger partial charge < -0.3 is 19.7 Å². The van der Waals surface area contributed by atoms with Gasteiger partial charge in [-0.05, 0) is 25.7 Å². The van der Waals surface area contributed by atoms with Crippen LogP contribution in [0.5, 0.6) is 0 Å². The van der Waals surface area contributed by atoms with Crippen molar-refractivity contribution in [1.29, 1.82) is 0 Å². The van der Waals surface area contributed by atoms with Crippen molar-refractivity contribution in [3.05, 3.63) is 0 Å². The van der Waals surface area contributed by atoms with Gasteiger partial charge in [0.25, 0.3) is 0 Å². The van der Waals surface area contributed by atoms with E-state index in [1.54, 1.807) is 7.11 Å². The monoisotopic (exact) mass is 399 g/mol. The molecule has 1 rings (SSSR count). The maximum Gasteiger partial charge on any atom is 0.193 e. The maximum absolute atomic E-state index is 5.41. The summed E-state index contributed by atoms with van der Waals surface area (Å²) in [4.78, 5) is 6.53. The predicted molar refractivity (Wildman–Crippen MR) is 94.1 cm³/mol. The van der Waals surface area contributed by atoms with E-state index in [-0.39, 0.29) is 24.0 Å². The van der Waals surface area contributed by atoms with Crippen molar-refractivity contribution >= 4 is 29.9 Å². The molecule has 1 fully saturated rings. The molecular formula is C14H30IN3O2. The number of hydrogen-bond donors (Lipinski definition) is 1. The van der Waals surface area contributed by atoms with Crippen LogP contribution < -0.4 is 5.32 Å². The lowest BCUT2D eigenvalue weighted by Crippen LogP contribution is -2.41. The van der Waals surface area contributed by atoms with Crippen LogP contribution in [0.4, 0.5) is 0 Å². The van der Waals surface area contributed by atoms with Crippen molar-refractivity contribution in [2.75, 3.05) is 54.1 Å². The van der Waals surface area contributed by atoms with Crippen LogP contribution in [-0.4, -0.2) is 65.0 Å². The molecule has 0 bridgehead atoms. The number of aliphatic imine (C=N–C) groups is 1. The zero-order valence-electron chi connectivity index (χ0n) is 13.1. The third-order valence-electron chi connectivity index (χ3n) is 3.44. The second-order valence-electron chi connectivity index (χ2n) is 5.14. The Bertz CT molecular complexity index is 259. The minimum Gasteiger partial charge on any atom is -0.385 e. The zero-order chi connectivity index (χ0) is 13.9. The Morgan fingerprint density at radius 2 is 2.20 bits per heavy atom. The molecule has 1 aliphatic heterocycles. The van der Waals surface area contributed by atoms with E-state index in [4.69, 9.17) is 9.47 Å². The Kier molecular flexibility index (Phi) is 12.6. The molecule has 0 radical (unpaired) electrons. The Hall–Kier alpha value is -0.0800. The number of hydrogen-bond acceptors (Lipinski definition) is 3. The van der Waals surface area contributed by atoms with Gasteiger partial charge in [0, 0.05) is 53.4 Å². The molecule has 6 heteroatoms. The van der Waals surface area contributed by atoms with E-state index < -0.39 is 0 Å². The molecule has 0 aromatic rings. The first-order chi connectivity index (χ1) is 9.27. The Balaban J connectivity index is 0.00000361. The van der Waals surface area contributed by atoms with Gasteiger partial charge in [-0.1, -0.05) is 0 Å². The smallest absolute Gasteiger partial charge is 0.193 e. The second kappa shape index (κ2) is 12.6. The van der Waals surface area contributed by atoms with Gasteiger partial charge in [-0.3, -0.25) is 4.99 Å². The number of methoxy groups -OCH3 is 1. The number of unbranched alkanes of at least 4 members (excludes halogenated alkanes) is 2. The minimum atomic E-state index is 0. The standard InChI is InChI=1S/C14H29N3O2.HI/c1-15-14(16-8-5-4-6-9-18-3)17(2)11-13-7-10-19-12-13;/h13H,4-12H2,1-3H3,(H,15,16);1H. The number of nitrogens with one attached hydrogen (secondary N) is 1. The van der Waals surface area contributed by atoms with E-state index in [1.807, 2.05) is 7.05 Å². The lowest BCUT2D eigenvalue weighted by Gasteiger charge is -2.24. The molecule has 0 amide bonds. The summed E-state index contributed by atoms with van der Waals surface area (Å²) in [6.07, 6.45) is 4.64. The fourth-order valence-electron chi connectivity index (χ4n) is 2.33. The number of guanidine groups is 1. The van der Waals surface area contributed by atoms with Crippen molar-refractivity contribution in [3.63, 3.8) is 0 Å². The molecule has 1 aliphatic rings. The third-order valence-corrected chi connectivity index (χ3v) is 3.44. The average molecular weight is 399 g/mol. The second-order valence-corrected chi connectivity index (χ2v) is 5.14. The SMILES string of the molecule is CN=C(NCCCCCOC)N(C)CC1CCOC1.I. The van der Waals surface area contributed by atoms with Crippen molar-refractivity contribution in [1.82, 2.24) is 10.2 Å². The molecular weight excluding hydrogens is 369 g/mol. The van der Waals surface area contributed by atoms with Crippen molar-refractivity contribution in [3.8, 4) is 0 Å². The van der Waals surface area contributed by atoms with E-state index in [0.29, 0.717) is 5.92 Å². The van der Waals surface area contributed by atoms with Crippen LogP contribution in [0.1, 0.15) is 25.7 Å². The zero-order valence-corrected chi connectivity index (χ0v) is 15.4. The highest BCUT2D eigenvalue weighted by Crippen LogP contribution is 2.13. The van der Waals surface area contributed by atoms with Gasteiger partial charge in [-0.2, -0.15) is 0 Å². The molecule has 0 aromatic carbocycles. The molecule has 1 heterocycles. The Morgan fingerprint density at radius 1 is 1.40 bits per heavy atom. The lowest BCUT2D eigenvalue weighted by atomic mass is 10.1. The van der Waals surface area contributed by atoms with E-state index in [9.17, 15) is 0 Å². The highest BCUT2D eigenvalue weighted by molar-refractivity contribution is 14.0. The van der Waals surface area contributed by atoms with Gasteiger partial charge in [0.15, 0.2) is 5.96 Å². The Labute approximate surface area is 140 Å². The maximum atomic E-state index is 5.41. The summed E-state index contributed by atoms with van der Waals surface area (Å²) in [6, 6.07) is 0. The fourth-order valence-corrected chi connectivity index (χ4v) is 2.33. The van der Waals surface area contributed by atoms with E-state index in [2.05, 4.69) is 22.3 Å². The van der Waals surface area contributed by atoms with Crippen LogP contribution >= 0.6 is 24.0 Å². The summed E-state index contributed by atoms with van der Waals surface area (Å²) in [5.74, 6) is 1.63. The highest BCUT2D eigenvalue weighted by Gasteiger charge is 2.18. The van der Waals surface area contributed by atoms with Crippen LogP contribution in [0.15, 0.2) is 4.99 Å². The summed E-state index contributed by atoms with van der Waals surface area (Å²) >= 11 is 0. The van der Waals surface area contributed by atoms with Crippen LogP contribution in [-0.2, 0) is 9.47 Å². The summed E-state index contributed by atoms with van der Waals surface area (Å²) in [5.41, 5.74) is 0. The molecule has 1 unspecified atom stereocenters. The molecule has 1 atom stereocenters. The summed E-state index contributed by atoms with van der Waals surface area (Å²) in [6.45, 7) is 4.64. The van der Waals surface area contributed by atoms with E-state index in [0.717, 1.165) is 51.7 Å². The summed E-state index contributed by atoms with van der Waals surface area (Å²) < 4.78 is 10.4. The molecule has 0 saturated carbocycles. The summed E-state index contributed by atoms with van der Waals surface area (Å²) in [7, 11) is 5.69. The van der Waals surface area contributed by atoms with Crippen molar-refractivity contribution in [2.24, 2.45) is 10.9 Å².